The Morgan fingerprint density at radius 3 is 1.74 bits per heavy atom. The summed E-state index contributed by atoms with van der Waals surface area (Å²) in [6.07, 6.45) is 24.6. The van der Waals surface area contributed by atoms with E-state index in [4.69, 9.17) is 0 Å². The van der Waals surface area contributed by atoms with E-state index in [9.17, 15) is 0 Å². The Bertz CT molecular complexity index is 277. The molecule has 19 heavy (non-hydrogen) atoms. The molecular formula is C18H31Bi. The maximum atomic E-state index is 2.75. The summed E-state index contributed by atoms with van der Waals surface area (Å²) in [6, 6.07) is 0. The summed E-state index contributed by atoms with van der Waals surface area (Å²) < 4.78 is 4.63. The van der Waals surface area contributed by atoms with Gasteiger partial charge in [-0.1, -0.05) is 0 Å². The van der Waals surface area contributed by atoms with E-state index in [1.165, 1.54) is 45.8 Å². The van der Waals surface area contributed by atoms with Gasteiger partial charge in [0.2, 0.25) is 0 Å². The van der Waals surface area contributed by atoms with Crippen LogP contribution in [0.3, 0.4) is 0 Å². The van der Waals surface area contributed by atoms with Crippen LogP contribution in [-0.4, -0.2) is 21.8 Å². The quantitative estimate of drug-likeness (QED) is 0.445. The van der Waals surface area contributed by atoms with Crippen molar-refractivity contribution in [2.75, 3.05) is 0 Å². The van der Waals surface area contributed by atoms with E-state index in [1.54, 1.807) is 51.4 Å². The van der Waals surface area contributed by atoms with Crippen molar-refractivity contribution < 1.29 is 0 Å². The van der Waals surface area contributed by atoms with Crippen LogP contribution in [0.4, 0.5) is 0 Å². The van der Waals surface area contributed by atoms with Crippen molar-refractivity contribution in [3.63, 3.8) is 0 Å². The predicted octanol–water partition coefficient (Wildman–Crippen LogP) is 6.19. The Balaban J connectivity index is 1.74. The fraction of sp³-hybridized carbons (Fsp3) is 0.889. The molecule has 0 bridgehead atoms. The fourth-order valence-electron chi connectivity index (χ4n) is 4.54. The zero-order chi connectivity index (χ0) is 12.9. The van der Waals surface area contributed by atoms with Gasteiger partial charge in [-0.3, -0.25) is 0 Å². The molecule has 0 spiro atoms. The third-order valence-electron chi connectivity index (χ3n) is 5.53. The molecule has 3 rings (SSSR count). The van der Waals surface area contributed by atoms with Crippen LogP contribution >= 0.6 is 0 Å². The summed E-state index contributed by atoms with van der Waals surface area (Å²) in [7, 11) is 0. The van der Waals surface area contributed by atoms with E-state index >= 15 is 0 Å². The van der Waals surface area contributed by atoms with Crippen molar-refractivity contribution in [1.82, 2.24) is 0 Å². The second kappa shape index (κ2) is 7.58. The molecule has 0 saturated heterocycles. The summed E-state index contributed by atoms with van der Waals surface area (Å²) in [5.41, 5.74) is 0. The molecule has 0 N–H and O–H groups in total. The molecule has 3 aliphatic carbocycles. The monoisotopic (exact) mass is 456 g/mol. The van der Waals surface area contributed by atoms with Gasteiger partial charge in [0.15, 0.2) is 0 Å². The van der Waals surface area contributed by atoms with Gasteiger partial charge in [0, 0.05) is 0 Å². The molecule has 0 aliphatic heterocycles. The summed E-state index contributed by atoms with van der Waals surface area (Å²) in [5, 5.41) is 0. The molecule has 2 saturated carbocycles. The van der Waals surface area contributed by atoms with Gasteiger partial charge in [-0.2, -0.15) is 0 Å². The first-order valence-electron chi connectivity index (χ1n) is 8.92. The van der Waals surface area contributed by atoms with E-state index in [0.29, 0.717) is 0 Å². The van der Waals surface area contributed by atoms with E-state index in [0.717, 1.165) is 0 Å². The molecule has 0 heterocycles. The Kier molecular flexibility index (Phi) is 5.81. The molecule has 0 radical (unpaired) electrons. The van der Waals surface area contributed by atoms with Gasteiger partial charge in [-0.25, -0.2) is 0 Å². The first-order valence-corrected chi connectivity index (χ1v) is 14.7. The van der Waals surface area contributed by atoms with Gasteiger partial charge >= 0.3 is 128 Å². The average Bonchev–Trinajstić information content (AvgIpc) is 2.51. The second-order valence-corrected chi connectivity index (χ2v) is 18.0. The molecule has 0 nitrogen and oxygen atoms in total. The molecule has 0 aromatic carbocycles. The van der Waals surface area contributed by atoms with Gasteiger partial charge in [0.25, 0.3) is 0 Å². The molecule has 0 aromatic heterocycles. The van der Waals surface area contributed by atoms with Crippen molar-refractivity contribution in [2.45, 2.75) is 97.1 Å². The van der Waals surface area contributed by atoms with Crippen LogP contribution in [-0.2, 0) is 0 Å². The fourth-order valence-corrected chi connectivity index (χ4v) is 20.6. The number of rotatable bonds is 3. The Hall–Kier alpha value is 0.623. The van der Waals surface area contributed by atoms with Crippen LogP contribution in [0.15, 0.2) is 9.36 Å². The minimum absolute atomic E-state index is 1.26. The normalized spacial score (nSPS) is 27.5. The van der Waals surface area contributed by atoms with Crippen molar-refractivity contribution in [2.24, 2.45) is 0 Å². The van der Waals surface area contributed by atoms with Crippen molar-refractivity contribution in [3.8, 4) is 0 Å². The van der Waals surface area contributed by atoms with E-state index in [1.807, 2.05) is 0 Å². The van der Waals surface area contributed by atoms with Gasteiger partial charge in [-0.15, -0.1) is 0 Å². The van der Waals surface area contributed by atoms with E-state index < -0.39 is 21.8 Å². The molecule has 0 atom stereocenters. The first-order chi connectivity index (χ1) is 9.45. The van der Waals surface area contributed by atoms with Crippen molar-refractivity contribution in [1.29, 1.82) is 0 Å². The zero-order valence-electron chi connectivity index (χ0n) is 12.6. The van der Waals surface area contributed by atoms with Crippen LogP contribution in [0.25, 0.3) is 0 Å². The zero-order valence-corrected chi connectivity index (χ0v) is 16.1. The van der Waals surface area contributed by atoms with Crippen molar-refractivity contribution in [3.05, 3.63) is 9.36 Å². The average molecular weight is 456 g/mol. The standard InChI is InChI=1S/2C6H11.C6H9.Bi/c3*1-2-4-6-5-3-1;/h2*1H,2-6H2;1H,2,4-6H2;. The molecule has 1 heteroatoms. The van der Waals surface area contributed by atoms with Crippen molar-refractivity contribution >= 4 is 21.8 Å². The van der Waals surface area contributed by atoms with Gasteiger partial charge in [0.1, 0.15) is 0 Å². The minimum atomic E-state index is -1.37. The van der Waals surface area contributed by atoms with Crippen LogP contribution in [0.1, 0.15) is 89.9 Å². The van der Waals surface area contributed by atoms with Crippen LogP contribution < -0.4 is 0 Å². The number of hydrogen-bond donors (Lipinski definition) is 0. The maximum absolute atomic E-state index is 2.75. The van der Waals surface area contributed by atoms with E-state index in [2.05, 4.69) is 9.36 Å². The summed E-state index contributed by atoms with van der Waals surface area (Å²) >= 11 is -1.37. The second-order valence-electron chi connectivity index (χ2n) is 6.93. The Morgan fingerprint density at radius 1 is 0.684 bits per heavy atom. The number of hydrogen-bond acceptors (Lipinski definition) is 0. The topological polar surface area (TPSA) is 0 Å². The van der Waals surface area contributed by atoms with Crippen LogP contribution in [0, 0.1) is 0 Å². The molecule has 3 aliphatic rings. The predicted molar refractivity (Wildman–Crippen MR) is 86.0 cm³/mol. The molecule has 0 aromatic rings. The molecule has 108 valence electrons. The SMILES string of the molecule is C1=[C]([Bi]([CH]2CCCCC2)[CH]2CCCCC2)CCCC1. The van der Waals surface area contributed by atoms with Gasteiger partial charge < -0.3 is 0 Å². The third kappa shape index (κ3) is 3.84. The van der Waals surface area contributed by atoms with Crippen LogP contribution in [0.2, 0.25) is 7.25 Å². The van der Waals surface area contributed by atoms with E-state index in [-0.39, 0.29) is 0 Å². The molecule has 0 amide bonds. The first kappa shape index (κ1) is 14.6. The Labute approximate surface area is 128 Å². The van der Waals surface area contributed by atoms with Gasteiger partial charge in [-0.05, 0) is 0 Å². The molecule has 2 fully saturated rings. The number of allylic oxidation sites excluding steroid dienone is 2. The summed E-state index contributed by atoms with van der Waals surface area (Å²) in [5.74, 6) is 0. The molecular weight excluding hydrogens is 425 g/mol. The molecule has 0 unspecified atom stereocenters. The third-order valence-corrected chi connectivity index (χ3v) is 19.8. The summed E-state index contributed by atoms with van der Waals surface area (Å²) in [6.45, 7) is 0. The van der Waals surface area contributed by atoms with Crippen LogP contribution in [0.5, 0.6) is 0 Å². The summed E-state index contributed by atoms with van der Waals surface area (Å²) in [4.78, 5) is 0. The Morgan fingerprint density at radius 2 is 1.26 bits per heavy atom. The van der Waals surface area contributed by atoms with Gasteiger partial charge in [0.05, 0.1) is 0 Å².